The molecule has 42 heavy (non-hydrogen) atoms. The molecule has 0 aliphatic heterocycles. The zero-order chi connectivity index (χ0) is 30.3. The van der Waals surface area contributed by atoms with Crippen LogP contribution in [0.15, 0.2) is 72.8 Å². The van der Waals surface area contributed by atoms with Crippen molar-refractivity contribution in [2.24, 2.45) is 0 Å². The lowest BCUT2D eigenvalue weighted by Gasteiger charge is -2.35. The minimum atomic E-state index is -3.80. The third-order valence-electron chi connectivity index (χ3n) is 7.87. The zero-order valence-corrected chi connectivity index (χ0v) is 26.0. The molecule has 7 nitrogen and oxygen atoms in total. The number of nitrogens with one attached hydrogen (secondary N) is 1. The van der Waals surface area contributed by atoms with Crippen LogP contribution < -0.4 is 9.62 Å². The van der Waals surface area contributed by atoms with Gasteiger partial charge in [-0.15, -0.1) is 0 Å². The third-order valence-corrected chi connectivity index (χ3v) is 9.01. The fourth-order valence-electron chi connectivity index (χ4n) is 5.70. The van der Waals surface area contributed by atoms with Gasteiger partial charge in [-0.1, -0.05) is 85.5 Å². The quantitative estimate of drug-likeness (QED) is 0.322. The number of carbonyl (C=O) groups is 2. The maximum Gasteiger partial charge on any atom is 0.244 e. The Bertz CT molecular complexity index is 1450. The first-order valence-electron chi connectivity index (χ1n) is 14.7. The summed E-state index contributed by atoms with van der Waals surface area (Å²) in [5.74, 6) is -0.636. The molecule has 1 unspecified atom stereocenters. The molecule has 0 saturated heterocycles. The fraction of sp³-hybridized carbons (Fsp3) is 0.412. The number of sulfonamides is 1. The Morgan fingerprint density at radius 3 is 2.05 bits per heavy atom. The first-order chi connectivity index (χ1) is 20.0. The van der Waals surface area contributed by atoms with Crippen molar-refractivity contribution in [3.05, 3.63) is 101 Å². The predicted molar refractivity (Wildman–Crippen MR) is 169 cm³/mol. The maximum absolute atomic E-state index is 14.3. The van der Waals surface area contributed by atoms with Crippen LogP contribution in [-0.2, 0) is 32.6 Å². The molecule has 3 aromatic carbocycles. The molecule has 0 heterocycles. The highest BCUT2D eigenvalue weighted by Crippen LogP contribution is 2.24. The number of carbonyl (C=O) groups excluding carboxylic acids is 2. The van der Waals surface area contributed by atoms with Gasteiger partial charge in [0.25, 0.3) is 0 Å². The molecule has 0 spiro atoms. The van der Waals surface area contributed by atoms with Gasteiger partial charge in [0.1, 0.15) is 12.6 Å². The molecular weight excluding hydrogens is 546 g/mol. The van der Waals surface area contributed by atoms with Crippen LogP contribution in [0.3, 0.4) is 0 Å². The summed E-state index contributed by atoms with van der Waals surface area (Å²) in [7, 11) is -3.80. The van der Waals surface area contributed by atoms with Gasteiger partial charge in [-0.2, -0.15) is 0 Å². The summed E-state index contributed by atoms with van der Waals surface area (Å²) in [5, 5.41) is 3.23. The van der Waals surface area contributed by atoms with Crippen LogP contribution in [-0.4, -0.2) is 50.0 Å². The van der Waals surface area contributed by atoms with Crippen molar-refractivity contribution in [3.63, 3.8) is 0 Å². The highest BCUT2D eigenvalue weighted by atomic mass is 32.2. The smallest absolute Gasteiger partial charge is 0.244 e. The summed E-state index contributed by atoms with van der Waals surface area (Å²) in [4.78, 5) is 29.9. The number of nitrogens with zero attached hydrogens (tertiary/aromatic N) is 2. The SMILES string of the molecule is Cc1ccc(CN(C(=O)CN(c2cc(C)cc(C)c2)S(C)(=O)=O)C(Cc2ccccc2)C(=O)NC2CCCCC2)cc1. The second kappa shape index (κ2) is 14.0. The first kappa shape index (κ1) is 31.3. The van der Waals surface area contributed by atoms with E-state index in [0.717, 1.165) is 70.5 Å². The monoisotopic (exact) mass is 589 g/mol. The number of amides is 2. The van der Waals surface area contributed by atoms with E-state index in [4.69, 9.17) is 0 Å². The van der Waals surface area contributed by atoms with Crippen LogP contribution in [0.2, 0.25) is 0 Å². The van der Waals surface area contributed by atoms with Crippen LogP contribution in [0.5, 0.6) is 0 Å². The molecule has 8 heteroatoms. The molecule has 1 atom stereocenters. The van der Waals surface area contributed by atoms with Gasteiger partial charge in [0.2, 0.25) is 21.8 Å². The van der Waals surface area contributed by atoms with E-state index >= 15 is 0 Å². The zero-order valence-electron chi connectivity index (χ0n) is 25.2. The van der Waals surface area contributed by atoms with E-state index in [0.29, 0.717) is 12.1 Å². The maximum atomic E-state index is 14.3. The van der Waals surface area contributed by atoms with Gasteiger partial charge in [-0.25, -0.2) is 8.42 Å². The lowest BCUT2D eigenvalue weighted by atomic mass is 9.94. The minimum Gasteiger partial charge on any atom is -0.352 e. The van der Waals surface area contributed by atoms with Gasteiger partial charge >= 0.3 is 0 Å². The van der Waals surface area contributed by atoms with E-state index in [2.05, 4.69) is 5.32 Å². The van der Waals surface area contributed by atoms with Crippen molar-refractivity contribution >= 4 is 27.5 Å². The van der Waals surface area contributed by atoms with Crippen molar-refractivity contribution in [1.29, 1.82) is 0 Å². The summed E-state index contributed by atoms with van der Waals surface area (Å²) < 4.78 is 27.2. The average molecular weight is 590 g/mol. The Morgan fingerprint density at radius 1 is 0.833 bits per heavy atom. The molecule has 0 radical (unpaired) electrons. The molecule has 3 aromatic rings. The summed E-state index contributed by atoms with van der Waals surface area (Å²) in [5.41, 5.74) is 5.12. The van der Waals surface area contributed by atoms with Crippen LogP contribution >= 0.6 is 0 Å². The average Bonchev–Trinajstić information content (AvgIpc) is 2.94. The van der Waals surface area contributed by atoms with Crippen molar-refractivity contribution < 1.29 is 18.0 Å². The van der Waals surface area contributed by atoms with E-state index in [-0.39, 0.29) is 18.5 Å². The van der Waals surface area contributed by atoms with Gasteiger partial charge in [-0.05, 0) is 68.0 Å². The number of anilines is 1. The Kier molecular flexibility index (Phi) is 10.4. The number of rotatable bonds is 11. The highest BCUT2D eigenvalue weighted by Gasteiger charge is 2.34. The number of benzene rings is 3. The number of hydrogen-bond acceptors (Lipinski definition) is 4. The molecule has 1 aliphatic rings. The second-order valence-corrected chi connectivity index (χ2v) is 13.6. The largest absolute Gasteiger partial charge is 0.352 e. The van der Waals surface area contributed by atoms with Gasteiger partial charge in [0.05, 0.1) is 11.9 Å². The molecule has 0 aromatic heterocycles. The molecular formula is C34H43N3O4S. The van der Waals surface area contributed by atoms with Gasteiger partial charge in [0.15, 0.2) is 0 Å². The van der Waals surface area contributed by atoms with E-state index in [1.807, 2.05) is 81.4 Å². The summed E-state index contributed by atoms with van der Waals surface area (Å²) in [6.45, 7) is 5.56. The summed E-state index contributed by atoms with van der Waals surface area (Å²) in [6.07, 6.45) is 6.57. The number of hydrogen-bond donors (Lipinski definition) is 1. The number of aryl methyl sites for hydroxylation is 3. The molecule has 0 bridgehead atoms. The van der Waals surface area contributed by atoms with Crippen LogP contribution in [0.25, 0.3) is 0 Å². The van der Waals surface area contributed by atoms with Crippen molar-refractivity contribution in [2.75, 3.05) is 17.1 Å². The van der Waals surface area contributed by atoms with Gasteiger partial charge < -0.3 is 10.2 Å². The molecule has 2 amide bonds. The molecule has 224 valence electrons. The minimum absolute atomic E-state index is 0.0728. The Morgan fingerprint density at radius 2 is 1.45 bits per heavy atom. The molecule has 1 fully saturated rings. The molecule has 1 saturated carbocycles. The van der Waals surface area contributed by atoms with Crippen LogP contribution in [0, 0.1) is 20.8 Å². The predicted octanol–water partition coefficient (Wildman–Crippen LogP) is 5.47. The lowest BCUT2D eigenvalue weighted by molar-refractivity contribution is -0.140. The normalized spacial score (nSPS) is 14.7. The van der Waals surface area contributed by atoms with Crippen molar-refractivity contribution in [1.82, 2.24) is 10.2 Å². The van der Waals surface area contributed by atoms with Gasteiger partial charge in [0, 0.05) is 19.0 Å². The van der Waals surface area contributed by atoms with Crippen LogP contribution in [0.4, 0.5) is 5.69 Å². The van der Waals surface area contributed by atoms with Crippen LogP contribution in [0.1, 0.15) is 59.9 Å². The van der Waals surface area contributed by atoms with E-state index in [1.54, 1.807) is 17.0 Å². The summed E-state index contributed by atoms with van der Waals surface area (Å²) in [6, 6.07) is 22.3. The standard InChI is InChI=1S/C34H43N3O4S/c1-25-15-17-29(18-16-25)23-36(33(38)24-37(42(4,40)41)31-20-26(2)19-27(3)21-31)32(22-28-11-7-5-8-12-28)34(39)35-30-13-9-6-10-14-30/h5,7-8,11-12,15-21,30,32H,6,9-10,13-14,22-24H2,1-4H3,(H,35,39). The van der Waals surface area contributed by atoms with Crippen molar-refractivity contribution in [3.8, 4) is 0 Å². The van der Waals surface area contributed by atoms with E-state index in [1.165, 1.54) is 0 Å². The molecule has 1 N–H and O–H groups in total. The Labute approximate surface area is 251 Å². The highest BCUT2D eigenvalue weighted by molar-refractivity contribution is 7.92. The van der Waals surface area contributed by atoms with Crippen molar-refractivity contribution in [2.45, 2.75) is 77.9 Å². The molecule has 4 rings (SSSR count). The van der Waals surface area contributed by atoms with E-state index < -0.39 is 28.5 Å². The first-order valence-corrected chi connectivity index (χ1v) is 16.6. The fourth-order valence-corrected chi connectivity index (χ4v) is 6.53. The third kappa shape index (κ3) is 8.68. The van der Waals surface area contributed by atoms with E-state index in [9.17, 15) is 18.0 Å². The topological polar surface area (TPSA) is 86.8 Å². The second-order valence-electron chi connectivity index (χ2n) is 11.7. The Balaban J connectivity index is 1.73. The summed E-state index contributed by atoms with van der Waals surface area (Å²) >= 11 is 0. The van der Waals surface area contributed by atoms with Gasteiger partial charge in [-0.3, -0.25) is 13.9 Å². The Hall–Kier alpha value is -3.65. The lowest BCUT2D eigenvalue weighted by Crippen LogP contribution is -2.55. The molecule has 1 aliphatic carbocycles.